The Morgan fingerprint density at radius 2 is 2.40 bits per heavy atom. The van der Waals surface area contributed by atoms with Gasteiger partial charge >= 0.3 is 6.01 Å². The quantitative estimate of drug-likeness (QED) is 0.803. The highest BCUT2D eigenvalue weighted by Gasteiger charge is 2.05. The van der Waals surface area contributed by atoms with Gasteiger partial charge in [-0.2, -0.15) is 0 Å². The maximum atomic E-state index is 5.35. The molecule has 2 aromatic heterocycles. The molecule has 2 heterocycles. The van der Waals surface area contributed by atoms with Crippen LogP contribution in [0.1, 0.15) is 16.5 Å². The Kier molecular flexibility index (Phi) is 2.93. The maximum Gasteiger partial charge on any atom is 0.315 e. The van der Waals surface area contributed by atoms with Crippen molar-refractivity contribution in [1.82, 2.24) is 15.2 Å². The molecule has 0 spiro atoms. The van der Waals surface area contributed by atoms with Crippen molar-refractivity contribution in [2.45, 2.75) is 20.0 Å². The lowest BCUT2D eigenvalue weighted by molar-refractivity contribution is 0.507. The Labute approximate surface area is 90.5 Å². The molecule has 6 nitrogen and oxygen atoms in total. The van der Waals surface area contributed by atoms with E-state index in [4.69, 9.17) is 10.2 Å². The SMILES string of the molecule is Cc1ncsc1CNc1nnc(CN)o1. The predicted molar refractivity (Wildman–Crippen MR) is 56.4 cm³/mol. The fourth-order valence-corrected chi connectivity index (χ4v) is 1.78. The lowest BCUT2D eigenvalue weighted by Crippen LogP contribution is -1.99. The number of aromatic nitrogens is 3. The molecule has 0 amide bonds. The molecule has 0 unspecified atom stereocenters. The van der Waals surface area contributed by atoms with Crippen molar-refractivity contribution < 1.29 is 4.42 Å². The molecule has 3 N–H and O–H groups in total. The van der Waals surface area contributed by atoms with Crippen LogP contribution in [0.5, 0.6) is 0 Å². The number of hydrogen-bond donors (Lipinski definition) is 2. The molecule has 0 aliphatic rings. The van der Waals surface area contributed by atoms with E-state index in [1.807, 2.05) is 12.4 Å². The van der Waals surface area contributed by atoms with Gasteiger partial charge in [0.05, 0.1) is 24.3 Å². The van der Waals surface area contributed by atoms with Gasteiger partial charge in [0.25, 0.3) is 0 Å². The van der Waals surface area contributed by atoms with Crippen LogP contribution in [0.15, 0.2) is 9.93 Å². The van der Waals surface area contributed by atoms with Crippen molar-refractivity contribution in [2.75, 3.05) is 5.32 Å². The highest BCUT2D eigenvalue weighted by Crippen LogP contribution is 2.14. The number of hydrogen-bond acceptors (Lipinski definition) is 7. The van der Waals surface area contributed by atoms with Crippen LogP contribution in [0.3, 0.4) is 0 Å². The molecule has 0 bridgehead atoms. The van der Waals surface area contributed by atoms with E-state index < -0.39 is 0 Å². The third-order valence-corrected chi connectivity index (χ3v) is 2.82. The summed E-state index contributed by atoms with van der Waals surface area (Å²) in [5.41, 5.74) is 8.18. The minimum absolute atomic E-state index is 0.258. The Morgan fingerprint density at radius 3 is 3.00 bits per heavy atom. The van der Waals surface area contributed by atoms with E-state index >= 15 is 0 Å². The van der Waals surface area contributed by atoms with Crippen LogP contribution < -0.4 is 11.1 Å². The van der Waals surface area contributed by atoms with Crippen LogP contribution in [0, 0.1) is 6.92 Å². The number of rotatable bonds is 4. The van der Waals surface area contributed by atoms with Crippen molar-refractivity contribution in [3.05, 3.63) is 22.0 Å². The van der Waals surface area contributed by atoms with E-state index in [0.717, 1.165) is 10.6 Å². The van der Waals surface area contributed by atoms with Gasteiger partial charge in [-0.25, -0.2) is 4.98 Å². The van der Waals surface area contributed by atoms with Crippen LogP contribution in [-0.4, -0.2) is 15.2 Å². The zero-order chi connectivity index (χ0) is 10.7. The summed E-state index contributed by atoms with van der Waals surface area (Å²) in [5.74, 6) is 0.429. The topological polar surface area (TPSA) is 89.9 Å². The summed E-state index contributed by atoms with van der Waals surface area (Å²) in [6.07, 6.45) is 0. The van der Waals surface area contributed by atoms with E-state index in [1.165, 1.54) is 0 Å². The number of aryl methyl sites for hydroxylation is 1. The van der Waals surface area contributed by atoms with E-state index in [1.54, 1.807) is 11.3 Å². The molecule has 0 saturated heterocycles. The predicted octanol–water partition coefficient (Wildman–Crippen LogP) is 0.905. The van der Waals surface area contributed by atoms with Crippen LogP contribution in [0.25, 0.3) is 0 Å². The molecule has 15 heavy (non-hydrogen) atoms. The molecule has 0 radical (unpaired) electrons. The van der Waals surface area contributed by atoms with E-state index in [0.29, 0.717) is 18.5 Å². The Balaban J connectivity index is 1.96. The molecule has 0 saturated carbocycles. The molecule has 0 aliphatic carbocycles. The number of nitrogens with one attached hydrogen (secondary N) is 1. The molecular formula is C8H11N5OS. The Hall–Kier alpha value is -1.47. The molecule has 0 aliphatic heterocycles. The zero-order valence-corrected chi connectivity index (χ0v) is 9.04. The number of nitrogens with zero attached hydrogens (tertiary/aromatic N) is 3. The minimum atomic E-state index is 0.258. The van der Waals surface area contributed by atoms with Gasteiger partial charge < -0.3 is 15.5 Å². The van der Waals surface area contributed by atoms with Crippen molar-refractivity contribution in [2.24, 2.45) is 5.73 Å². The molecule has 7 heteroatoms. The summed E-state index contributed by atoms with van der Waals surface area (Å²) in [4.78, 5) is 5.30. The lowest BCUT2D eigenvalue weighted by atomic mass is 10.4. The molecule has 0 atom stereocenters. The molecule has 0 fully saturated rings. The number of nitrogens with two attached hydrogens (primary N) is 1. The van der Waals surface area contributed by atoms with Crippen molar-refractivity contribution >= 4 is 17.4 Å². The van der Waals surface area contributed by atoms with E-state index in [2.05, 4.69) is 20.5 Å². The van der Waals surface area contributed by atoms with Crippen LogP contribution in [0.2, 0.25) is 0 Å². The summed E-state index contributed by atoms with van der Waals surface area (Å²) in [6.45, 7) is 2.86. The lowest BCUT2D eigenvalue weighted by Gasteiger charge is -1.98. The minimum Gasteiger partial charge on any atom is -0.407 e. The van der Waals surface area contributed by atoms with E-state index in [-0.39, 0.29) is 6.54 Å². The monoisotopic (exact) mass is 225 g/mol. The van der Waals surface area contributed by atoms with Crippen molar-refractivity contribution in [3.63, 3.8) is 0 Å². The smallest absolute Gasteiger partial charge is 0.315 e. The van der Waals surface area contributed by atoms with Crippen LogP contribution in [0.4, 0.5) is 6.01 Å². The Morgan fingerprint density at radius 1 is 1.53 bits per heavy atom. The summed E-state index contributed by atoms with van der Waals surface area (Å²) in [7, 11) is 0. The first-order valence-corrected chi connectivity index (χ1v) is 5.33. The van der Waals surface area contributed by atoms with Gasteiger partial charge in [0.2, 0.25) is 5.89 Å². The van der Waals surface area contributed by atoms with Gasteiger partial charge in [-0.05, 0) is 6.92 Å². The Bertz CT molecular complexity index is 438. The first kappa shape index (κ1) is 10.1. The number of anilines is 1. The average Bonchev–Trinajstić information content (AvgIpc) is 2.84. The van der Waals surface area contributed by atoms with Crippen molar-refractivity contribution in [1.29, 1.82) is 0 Å². The molecular weight excluding hydrogens is 214 g/mol. The van der Waals surface area contributed by atoms with Gasteiger partial charge in [-0.1, -0.05) is 5.10 Å². The van der Waals surface area contributed by atoms with Crippen LogP contribution in [-0.2, 0) is 13.1 Å². The highest BCUT2D eigenvalue weighted by molar-refractivity contribution is 7.09. The number of thiazole rings is 1. The second kappa shape index (κ2) is 4.37. The fraction of sp³-hybridized carbons (Fsp3) is 0.375. The van der Waals surface area contributed by atoms with Gasteiger partial charge in [-0.3, -0.25) is 0 Å². The molecule has 0 aromatic carbocycles. The third-order valence-electron chi connectivity index (χ3n) is 1.89. The van der Waals surface area contributed by atoms with Gasteiger partial charge in [0.1, 0.15) is 0 Å². The van der Waals surface area contributed by atoms with Gasteiger partial charge in [-0.15, -0.1) is 16.4 Å². The van der Waals surface area contributed by atoms with Crippen LogP contribution >= 0.6 is 11.3 Å². The molecule has 2 rings (SSSR count). The fourth-order valence-electron chi connectivity index (χ4n) is 1.06. The first-order chi connectivity index (χ1) is 7.29. The second-order valence-electron chi connectivity index (χ2n) is 2.92. The molecule has 2 aromatic rings. The van der Waals surface area contributed by atoms with E-state index in [9.17, 15) is 0 Å². The van der Waals surface area contributed by atoms with Gasteiger partial charge in [0.15, 0.2) is 0 Å². The largest absolute Gasteiger partial charge is 0.407 e. The maximum absolute atomic E-state index is 5.35. The first-order valence-electron chi connectivity index (χ1n) is 4.45. The van der Waals surface area contributed by atoms with Gasteiger partial charge in [0, 0.05) is 4.88 Å². The summed E-state index contributed by atoms with van der Waals surface area (Å²) in [6, 6.07) is 0.392. The second-order valence-corrected chi connectivity index (χ2v) is 3.86. The molecule has 80 valence electrons. The third kappa shape index (κ3) is 2.31. The summed E-state index contributed by atoms with van der Waals surface area (Å²) >= 11 is 1.59. The zero-order valence-electron chi connectivity index (χ0n) is 8.23. The van der Waals surface area contributed by atoms with Crippen molar-refractivity contribution in [3.8, 4) is 0 Å². The highest BCUT2D eigenvalue weighted by atomic mass is 32.1. The average molecular weight is 225 g/mol. The standard InChI is InChI=1S/C8H11N5OS/c1-5-6(15-4-11-5)3-10-8-13-12-7(2-9)14-8/h4H,2-3,9H2,1H3,(H,10,13). The normalized spacial score (nSPS) is 10.5. The summed E-state index contributed by atoms with van der Waals surface area (Å²) < 4.78 is 5.20. The summed E-state index contributed by atoms with van der Waals surface area (Å²) in [5, 5.41) is 10.6.